The van der Waals surface area contributed by atoms with Crippen molar-refractivity contribution in [3.05, 3.63) is 36.4 Å². The first kappa shape index (κ1) is 15.5. The Morgan fingerprint density at radius 3 is 2.19 bits per heavy atom. The molecule has 0 spiro atoms. The zero-order chi connectivity index (χ0) is 15.5. The molecule has 5 N–H and O–H groups in total. The van der Waals surface area contributed by atoms with Crippen LogP contribution in [0.25, 0.3) is 0 Å². The summed E-state index contributed by atoms with van der Waals surface area (Å²) in [6, 6.07) is 8.85. The second kappa shape index (κ2) is 6.25. The summed E-state index contributed by atoms with van der Waals surface area (Å²) in [7, 11) is -3.86. The van der Waals surface area contributed by atoms with Crippen molar-refractivity contribution in [2.24, 2.45) is 0 Å². The summed E-state index contributed by atoms with van der Waals surface area (Å²) in [4.78, 5) is 8.50. The molecule has 0 amide bonds. The Kier molecular flexibility index (Phi) is 4.61. The molecule has 2 aromatic rings. The molecule has 2 rings (SSSR count). The number of anilines is 4. The van der Waals surface area contributed by atoms with Crippen molar-refractivity contribution in [2.45, 2.75) is 4.90 Å². The number of nitrogen functional groups attached to an aromatic ring is 1. The zero-order valence-electron chi connectivity index (χ0n) is 10.5. The van der Waals surface area contributed by atoms with Crippen molar-refractivity contribution in [2.75, 3.05) is 20.1 Å². The number of hydrogen-bond acceptors (Lipinski definition) is 6. The Morgan fingerprint density at radius 2 is 1.67 bits per heavy atom. The number of nitrogens with one attached hydrogen (secondary N) is 3. The van der Waals surface area contributed by atoms with Crippen LogP contribution in [0.5, 0.6) is 0 Å². The van der Waals surface area contributed by atoms with Crippen LogP contribution in [0, 0.1) is 0 Å². The lowest BCUT2D eigenvalue weighted by molar-refractivity contribution is 0.601. The molecule has 0 saturated heterocycles. The Labute approximate surface area is 131 Å². The van der Waals surface area contributed by atoms with Gasteiger partial charge >= 0.3 is 0 Å². The van der Waals surface area contributed by atoms with Crippen molar-refractivity contribution in [1.82, 2.24) is 4.98 Å². The van der Waals surface area contributed by atoms with Gasteiger partial charge in [0.15, 0.2) is 0 Å². The van der Waals surface area contributed by atoms with Crippen LogP contribution in [0.2, 0.25) is 0 Å². The highest BCUT2D eigenvalue weighted by Gasteiger charge is 2.17. The molecule has 0 aliphatic heterocycles. The third kappa shape index (κ3) is 3.81. The second-order valence-electron chi connectivity index (χ2n) is 3.99. The van der Waals surface area contributed by atoms with Crippen LogP contribution in [-0.2, 0) is 10.0 Å². The summed E-state index contributed by atoms with van der Waals surface area (Å²) in [5.41, 5.74) is 6.23. The number of sulfonamides is 1. The van der Waals surface area contributed by atoms with E-state index in [0.29, 0.717) is 11.4 Å². The highest BCUT2D eigenvalue weighted by atomic mass is 35.5. The summed E-state index contributed by atoms with van der Waals surface area (Å²) >= 11 is 11.0. The lowest BCUT2D eigenvalue weighted by Gasteiger charge is -2.10. The molecule has 10 heteroatoms. The molecular formula is C11H11Cl2N5O2S. The fourth-order valence-corrected chi connectivity index (χ4v) is 2.86. The van der Waals surface area contributed by atoms with Gasteiger partial charge < -0.3 is 5.73 Å². The van der Waals surface area contributed by atoms with Crippen molar-refractivity contribution < 1.29 is 8.42 Å². The summed E-state index contributed by atoms with van der Waals surface area (Å²) < 4.78 is 26.9. The number of benzene rings is 1. The smallest absolute Gasteiger partial charge is 0.263 e. The maximum atomic E-state index is 12.3. The quantitative estimate of drug-likeness (QED) is 0.619. The molecule has 7 nitrogen and oxygen atoms in total. The van der Waals surface area contributed by atoms with Crippen LogP contribution < -0.4 is 20.1 Å². The molecule has 0 radical (unpaired) electrons. The molecule has 0 atom stereocenters. The molecule has 0 aliphatic rings. The van der Waals surface area contributed by atoms with E-state index in [4.69, 9.17) is 29.3 Å². The highest BCUT2D eigenvalue weighted by Crippen LogP contribution is 2.25. The minimum Gasteiger partial charge on any atom is -0.384 e. The van der Waals surface area contributed by atoms with Crippen LogP contribution in [0.3, 0.4) is 0 Å². The number of nitrogens with zero attached hydrogens (tertiary/aromatic N) is 1. The van der Waals surface area contributed by atoms with Gasteiger partial charge in [-0.25, -0.2) is 13.4 Å². The highest BCUT2D eigenvalue weighted by molar-refractivity contribution is 7.92. The van der Waals surface area contributed by atoms with Gasteiger partial charge in [-0.2, -0.15) is 0 Å². The maximum absolute atomic E-state index is 12.3. The predicted octanol–water partition coefficient (Wildman–Crippen LogP) is 2.60. The molecular weight excluding hydrogens is 337 g/mol. The average Bonchev–Trinajstić information content (AvgIpc) is 2.46. The number of pyridine rings is 1. The minimum atomic E-state index is -3.86. The molecule has 0 unspecified atom stereocenters. The van der Waals surface area contributed by atoms with E-state index in [2.05, 4.69) is 19.4 Å². The van der Waals surface area contributed by atoms with E-state index >= 15 is 0 Å². The molecule has 0 bridgehead atoms. The molecule has 112 valence electrons. The van der Waals surface area contributed by atoms with Crippen molar-refractivity contribution in [3.63, 3.8) is 0 Å². The van der Waals surface area contributed by atoms with E-state index in [0.717, 1.165) is 0 Å². The summed E-state index contributed by atoms with van der Waals surface area (Å²) in [5, 5.41) is 0. The van der Waals surface area contributed by atoms with E-state index < -0.39 is 10.0 Å². The summed E-state index contributed by atoms with van der Waals surface area (Å²) in [6.07, 6.45) is 0. The van der Waals surface area contributed by atoms with E-state index in [1.165, 1.54) is 24.3 Å². The largest absolute Gasteiger partial charge is 0.384 e. The Bertz CT molecular complexity index is 732. The van der Waals surface area contributed by atoms with Crippen molar-refractivity contribution in [1.29, 1.82) is 0 Å². The number of aromatic nitrogens is 1. The van der Waals surface area contributed by atoms with Gasteiger partial charge in [0.2, 0.25) is 0 Å². The first-order valence-electron chi connectivity index (χ1n) is 5.58. The molecule has 1 aromatic heterocycles. The molecule has 0 saturated carbocycles. The number of hydrogen-bond donors (Lipinski definition) is 4. The van der Waals surface area contributed by atoms with Gasteiger partial charge in [0.05, 0.1) is 16.3 Å². The van der Waals surface area contributed by atoms with Crippen LogP contribution >= 0.6 is 23.6 Å². The van der Waals surface area contributed by atoms with Crippen LogP contribution in [0.4, 0.5) is 23.0 Å². The first-order valence-corrected chi connectivity index (χ1v) is 7.82. The maximum Gasteiger partial charge on any atom is 0.263 e. The topological polar surface area (TPSA) is 109 Å². The number of rotatable bonds is 5. The fourth-order valence-electron chi connectivity index (χ4n) is 1.57. The SMILES string of the molecule is Nc1cccc(NS(=O)(=O)c2cc(NCl)cc(NCl)c2)n1. The van der Waals surface area contributed by atoms with E-state index in [-0.39, 0.29) is 16.5 Å². The zero-order valence-corrected chi connectivity index (χ0v) is 12.8. The molecule has 0 aliphatic carbocycles. The van der Waals surface area contributed by atoms with Gasteiger partial charge in [-0.15, -0.1) is 0 Å². The fraction of sp³-hybridized carbons (Fsp3) is 0. The van der Waals surface area contributed by atoms with Gasteiger partial charge in [0.1, 0.15) is 11.6 Å². The van der Waals surface area contributed by atoms with E-state index in [1.807, 2.05) is 0 Å². The van der Waals surface area contributed by atoms with Gasteiger partial charge in [-0.3, -0.25) is 14.4 Å². The van der Waals surface area contributed by atoms with Gasteiger partial charge in [0.25, 0.3) is 10.0 Å². The molecule has 1 heterocycles. The minimum absolute atomic E-state index is 0.0412. The number of nitrogens with two attached hydrogens (primary N) is 1. The Hall–Kier alpha value is -1.90. The van der Waals surface area contributed by atoms with E-state index in [9.17, 15) is 8.42 Å². The second-order valence-corrected chi connectivity index (χ2v) is 6.05. The lowest BCUT2D eigenvalue weighted by Crippen LogP contribution is -2.14. The monoisotopic (exact) mass is 347 g/mol. The third-order valence-electron chi connectivity index (χ3n) is 2.44. The van der Waals surface area contributed by atoms with E-state index in [1.54, 1.807) is 12.1 Å². The third-order valence-corrected chi connectivity index (χ3v) is 4.22. The molecule has 1 aromatic carbocycles. The molecule has 21 heavy (non-hydrogen) atoms. The predicted molar refractivity (Wildman–Crippen MR) is 84.9 cm³/mol. The Balaban J connectivity index is 2.39. The first-order chi connectivity index (χ1) is 9.94. The van der Waals surface area contributed by atoms with Crippen molar-refractivity contribution >= 4 is 56.6 Å². The standard InChI is InChI=1S/C11H11Cl2N5O2S/c12-16-7-4-8(17-13)6-9(5-7)21(19,20)18-11-3-1-2-10(14)15-11/h1-6,16-17H,(H3,14,15,18). The molecule has 0 fully saturated rings. The van der Waals surface area contributed by atoms with Gasteiger partial charge in [-0.1, -0.05) is 6.07 Å². The van der Waals surface area contributed by atoms with Gasteiger partial charge in [0, 0.05) is 23.6 Å². The Morgan fingerprint density at radius 1 is 1.05 bits per heavy atom. The average molecular weight is 348 g/mol. The lowest BCUT2D eigenvalue weighted by atomic mass is 10.3. The van der Waals surface area contributed by atoms with Gasteiger partial charge in [-0.05, 0) is 30.3 Å². The normalized spacial score (nSPS) is 11.0. The summed E-state index contributed by atoms with van der Waals surface area (Å²) in [6.45, 7) is 0. The van der Waals surface area contributed by atoms with Crippen LogP contribution in [0.15, 0.2) is 41.3 Å². The number of halogens is 2. The van der Waals surface area contributed by atoms with Crippen LogP contribution in [0.1, 0.15) is 0 Å². The summed E-state index contributed by atoms with van der Waals surface area (Å²) in [5.74, 6) is 0.314. The van der Waals surface area contributed by atoms with Crippen molar-refractivity contribution in [3.8, 4) is 0 Å². The van der Waals surface area contributed by atoms with Crippen LogP contribution in [-0.4, -0.2) is 13.4 Å².